The largest absolute Gasteiger partial charge is 0.454 e. The molecule has 1 atom stereocenters. The Morgan fingerprint density at radius 1 is 1.21 bits per heavy atom. The summed E-state index contributed by atoms with van der Waals surface area (Å²) in [5.41, 5.74) is 0.744. The Morgan fingerprint density at radius 3 is 2.88 bits per heavy atom. The number of fused-ring (bicyclic) bond motifs is 1. The number of sulfonamides is 1. The molecule has 0 spiro atoms. The number of ether oxygens (including phenoxy) is 2. The fourth-order valence-electron chi connectivity index (χ4n) is 2.99. The molecule has 1 aromatic carbocycles. The molecule has 0 amide bonds. The molecule has 2 aliphatic heterocycles. The number of hydrogen-bond donors (Lipinski definition) is 0. The van der Waals surface area contributed by atoms with Gasteiger partial charge in [-0.2, -0.15) is 0 Å². The zero-order valence-electron chi connectivity index (χ0n) is 13.1. The molecule has 0 N–H and O–H groups in total. The minimum absolute atomic E-state index is 0.0799. The van der Waals surface area contributed by atoms with Crippen LogP contribution in [0.3, 0.4) is 0 Å². The summed E-state index contributed by atoms with van der Waals surface area (Å²) in [6, 6.07) is 5.42. The van der Waals surface area contributed by atoms with Gasteiger partial charge in [-0.25, -0.2) is 12.7 Å². The van der Waals surface area contributed by atoms with Crippen molar-refractivity contribution in [3.63, 3.8) is 0 Å². The molecule has 3 heterocycles. The quantitative estimate of drug-likeness (QED) is 0.829. The molecule has 0 bridgehead atoms. The molecule has 4 rings (SSSR count). The standard InChI is InChI=1S/C15H17N3O5S/c1-24(19,20)18-6-2-3-11(8-18)15-17-16-14(23-15)10-4-5-12-13(7-10)22-9-21-12/h4-5,7,11H,2-3,6,8-9H2,1H3. The van der Waals surface area contributed by atoms with E-state index in [1.54, 1.807) is 12.1 Å². The van der Waals surface area contributed by atoms with Crippen LogP contribution in [0.4, 0.5) is 0 Å². The number of nitrogens with zero attached hydrogens (tertiary/aromatic N) is 3. The first kappa shape index (κ1) is 15.4. The Bertz CT molecular complexity index is 864. The summed E-state index contributed by atoms with van der Waals surface area (Å²) in [6.45, 7) is 1.12. The topological polar surface area (TPSA) is 94.8 Å². The van der Waals surface area contributed by atoms with Crippen molar-refractivity contribution in [3.8, 4) is 23.0 Å². The summed E-state index contributed by atoms with van der Waals surface area (Å²) in [5, 5.41) is 8.21. The number of aromatic nitrogens is 2. The minimum atomic E-state index is -3.21. The Labute approximate surface area is 139 Å². The van der Waals surface area contributed by atoms with Gasteiger partial charge in [-0.1, -0.05) is 0 Å². The van der Waals surface area contributed by atoms with Gasteiger partial charge in [0.15, 0.2) is 11.5 Å². The number of rotatable bonds is 3. The van der Waals surface area contributed by atoms with Crippen LogP contribution in [-0.2, 0) is 10.0 Å². The van der Waals surface area contributed by atoms with E-state index < -0.39 is 10.0 Å². The molecule has 1 fully saturated rings. The second kappa shape index (κ2) is 5.75. The average Bonchev–Trinajstić information content (AvgIpc) is 3.22. The summed E-state index contributed by atoms with van der Waals surface area (Å²) < 4.78 is 41.3. The monoisotopic (exact) mass is 351 g/mol. The Hall–Kier alpha value is -2.13. The van der Waals surface area contributed by atoms with Crippen LogP contribution in [0.15, 0.2) is 22.6 Å². The van der Waals surface area contributed by atoms with Gasteiger partial charge in [0.25, 0.3) is 0 Å². The number of hydrogen-bond acceptors (Lipinski definition) is 7. The third-order valence-electron chi connectivity index (χ3n) is 4.26. The molecular weight excluding hydrogens is 334 g/mol. The van der Waals surface area contributed by atoms with Gasteiger partial charge in [-0.15, -0.1) is 10.2 Å². The van der Waals surface area contributed by atoms with Crippen LogP contribution in [0.5, 0.6) is 11.5 Å². The fraction of sp³-hybridized carbons (Fsp3) is 0.467. The highest BCUT2D eigenvalue weighted by atomic mass is 32.2. The van der Waals surface area contributed by atoms with Gasteiger partial charge >= 0.3 is 0 Å². The summed E-state index contributed by atoms with van der Waals surface area (Å²) in [6.07, 6.45) is 2.83. The molecule has 128 valence electrons. The Kier molecular flexibility index (Phi) is 3.69. The van der Waals surface area contributed by atoms with E-state index in [9.17, 15) is 8.42 Å². The molecular formula is C15H17N3O5S. The maximum Gasteiger partial charge on any atom is 0.247 e. The van der Waals surface area contributed by atoms with E-state index in [1.807, 2.05) is 6.07 Å². The van der Waals surface area contributed by atoms with E-state index in [0.717, 1.165) is 18.4 Å². The first-order valence-electron chi connectivity index (χ1n) is 7.69. The molecule has 1 unspecified atom stereocenters. The van der Waals surface area contributed by atoms with Crippen molar-refractivity contribution in [2.75, 3.05) is 26.1 Å². The first-order chi connectivity index (χ1) is 11.5. The highest BCUT2D eigenvalue weighted by Crippen LogP contribution is 2.36. The van der Waals surface area contributed by atoms with Crippen molar-refractivity contribution < 1.29 is 22.3 Å². The smallest absolute Gasteiger partial charge is 0.247 e. The Morgan fingerprint density at radius 2 is 2.04 bits per heavy atom. The van der Waals surface area contributed by atoms with Gasteiger partial charge in [-0.3, -0.25) is 0 Å². The van der Waals surface area contributed by atoms with Gasteiger partial charge in [0.05, 0.1) is 12.2 Å². The van der Waals surface area contributed by atoms with Crippen molar-refractivity contribution in [2.24, 2.45) is 0 Å². The predicted octanol–water partition coefficient (Wildman–Crippen LogP) is 1.60. The molecule has 8 nitrogen and oxygen atoms in total. The lowest BCUT2D eigenvalue weighted by Crippen LogP contribution is -2.38. The molecule has 9 heteroatoms. The number of piperidine rings is 1. The van der Waals surface area contributed by atoms with E-state index in [0.29, 0.717) is 36.4 Å². The van der Waals surface area contributed by atoms with E-state index >= 15 is 0 Å². The molecule has 1 saturated heterocycles. The third kappa shape index (κ3) is 2.84. The van der Waals surface area contributed by atoms with Crippen LogP contribution >= 0.6 is 0 Å². The zero-order chi connectivity index (χ0) is 16.7. The highest BCUT2D eigenvalue weighted by molar-refractivity contribution is 7.88. The lowest BCUT2D eigenvalue weighted by molar-refractivity contribution is 0.174. The number of benzene rings is 1. The van der Waals surface area contributed by atoms with Gasteiger partial charge in [0.1, 0.15) is 0 Å². The lowest BCUT2D eigenvalue weighted by Gasteiger charge is -2.28. The van der Waals surface area contributed by atoms with Crippen molar-refractivity contribution >= 4 is 10.0 Å². The van der Waals surface area contributed by atoms with Crippen molar-refractivity contribution in [1.29, 1.82) is 0 Å². The van der Waals surface area contributed by atoms with Crippen LogP contribution in [0, 0.1) is 0 Å². The average molecular weight is 351 g/mol. The van der Waals surface area contributed by atoms with E-state index in [2.05, 4.69) is 10.2 Å². The van der Waals surface area contributed by atoms with Crippen LogP contribution in [-0.4, -0.2) is 49.1 Å². The van der Waals surface area contributed by atoms with Crippen LogP contribution in [0.2, 0.25) is 0 Å². The molecule has 0 saturated carbocycles. The summed E-state index contributed by atoms with van der Waals surface area (Å²) in [5.74, 6) is 2.11. The summed E-state index contributed by atoms with van der Waals surface area (Å²) in [4.78, 5) is 0. The second-order valence-electron chi connectivity index (χ2n) is 5.97. The third-order valence-corrected chi connectivity index (χ3v) is 5.53. The van der Waals surface area contributed by atoms with E-state index in [4.69, 9.17) is 13.9 Å². The molecule has 2 aliphatic rings. The van der Waals surface area contributed by atoms with Crippen LogP contribution in [0.1, 0.15) is 24.7 Å². The maximum absolute atomic E-state index is 11.7. The van der Waals surface area contributed by atoms with Crippen molar-refractivity contribution in [3.05, 3.63) is 24.1 Å². The fourth-order valence-corrected chi connectivity index (χ4v) is 3.90. The normalized spacial score (nSPS) is 21.1. The first-order valence-corrected chi connectivity index (χ1v) is 9.54. The summed E-state index contributed by atoms with van der Waals surface area (Å²) >= 11 is 0. The van der Waals surface area contributed by atoms with Gasteiger partial charge in [0, 0.05) is 18.7 Å². The Balaban J connectivity index is 1.56. The molecule has 0 radical (unpaired) electrons. The minimum Gasteiger partial charge on any atom is -0.454 e. The van der Waals surface area contributed by atoms with Gasteiger partial charge in [-0.05, 0) is 31.0 Å². The van der Waals surface area contributed by atoms with Crippen molar-refractivity contribution in [1.82, 2.24) is 14.5 Å². The predicted molar refractivity (Wildman–Crippen MR) is 84.2 cm³/mol. The molecule has 0 aliphatic carbocycles. The van der Waals surface area contributed by atoms with Crippen molar-refractivity contribution in [2.45, 2.75) is 18.8 Å². The molecule has 24 heavy (non-hydrogen) atoms. The van der Waals surface area contributed by atoms with E-state index in [-0.39, 0.29) is 12.7 Å². The van der Waals surface area contributed by atoms with Gasteiger partial charge < -0.3 is 13.9 Å². The zero-order valence-corrected chi connectivity index (χ0v) is 14.0. The second-order valence-corrected chi connectivity index (χ2v) is 7.96. The maximum atomic E-state index is 11.7. The summed E-state index contributed by atoms with van der Waals surface area (Å²) in [7, 11) is -3.21. The molecule has 1 aromatic heterocycles. The van der Waals surface area contributed by atoms with Crippen LogP contribution < -0.4 is 9.47 Å². The van der Waals surface area contributed by atoms with E-state index in [1.165, 1.54) is 10.6 Å². The highest BCUT2D eigenvalue weighted by Gasteiger charge is 2.30. The van der Waals surface area contributed by atoms with Gasteiger partial charge in [0.2, 0.25) is 28.6 Å². The lowest BCUT2D eigenvalue weighted by atomic mass is 10.00. The van der Waals surface area contributed by atoms with Crippen LogP contribution in [0.25, 0.3) is 11.5 Å². The SMILES string of the molecule is CS(=O)(=O)N1CCCC(c2nnc(-c3ccc4c(c3)OCO4)o2)C1. The molecule has 2 aromatic rings.